The molecule has 0 aromatic heterocycles. The van der Waals surface area contributed by atoms with Crippen molar-refractivity contribution in [1.29, 1.82) is 0 Å². The molecule has 0 saturated heterocycles. The highest BCUT2D eigenvalue weighted by molar-refractivity contribution is 5.84. The number of methoxy groups -OCH3 is 3. The van der Waals surface area contributed by atoms with Crippen molar-refractivity contribution in [3.8, 4) is 28.4 Å². The lowest BCUT2D eigenvalue weighted by Crippen LogP contribution is -2.24. The van der Waals surface area contributed by atoms with E-state index in [2.05, 4.69) is 17.4 Å². The van der Waals surface area contributed by atoms with Crippen molar-refractivity contribution in [2.45, 2.75) is 64.3 Å². The molecule has 5 nitrogen and oxygen atoms in total. The summed E-state index contributed by atoms with van der Waals surface area (Å²) in [6, 6.07) is 12.3. The molecule has 0 unspecified atom stereocenters. The second-order valence-corrected chi connectivity index (χ2v) is 8.31. The van der Waals surface area contributed by atoms with Gasteiger partial charge >= 0.3 is 0 Å². The van der Waals surface area contributed by atoms with Gasteiger partial charge in [0.1, 0.15) is 0 Å². The van der Waals surface area contributed by atoms with Gasteiger partial charge in [-0.05, 0) is 30.0 Å². The molecule has 3 rings (SSSR count). The highest BCUT2D eigenvalue weighted by Crippen LogP contribution is 2.46. The number of hydrogen-bond acceptors (Lipinski definition) is 5. The zero-order valence-electron chi connectivity index (χ0n) is 19.9. The molecule has 0 bridgehead atoms. The maximum Gasteiger partial charge on any atom is 0.203 e. The first kappa shape index (κ1) is 24.0. The number of nitrogens with one attached hydrogen (secondary N) is 1. The van der Waals surface area contributed by atoms with Crippen molar-refractivity contribution in [3.05, 3.63) is 42.0 Å². The second-order valence-electron chi connectivity index (χ2n) is 8.31. The summed E-state index contributed by atoms with van der Waals surface area (Å²) in [6.45, 7) is 1.56. The van der Waals surface area contributed by atoms with Crippen LogP contribution in [0.3, 0.4) is 0 Å². The summed E-state index contributed by atoms with van der Waals surface area (Å²) in [5.74, 6) is 3.08. The molecule has 0 saturated carbocycles. The van der Waals surface area contributed by atoms with Gasteiger partial charge in [0.25, 0.3) is 0 Å². The fourth-order valence-electron chi connectivity index (χ4n) is 4.37. The van der Waals surface area contributed by atoms with Gasteiger partial charge in [0.05, 0.1) is 27.2 Å². The highest BCUT2D eigenvalue weighted by atomic mass is 16.5. The molecule has 5 heteroatoms. The minimum absolute atomic E-state index is 0.612. The number of aliphatic imine (C=N–C) groups is 1. The van der Waals surface area contributed by atoms with Gasteiger partial charge in [-0.3, -0.25) is 4.99 Å². The Kier molecular flexibility index (Phi) is 9.73. The van der Waals surface area contributed by atoms with Gasteiger partial charge in [-0.25, -0.2) is 0 Å². The molecule has 1 aliphatic rings. The Morgan fingerprint density at radius 3 is 2.09 bits per heavy atom. The lowest BCUT2D eigenvalue weighted by atomic mass is 9.97. The molecule has 1 N–H and O–H groups in total. The molecule has 0 amide bonds. The van der Waals surface area contributed by atoms with Crippen LogP contribution in [0.5, 0.6) is 17.2 Å². The monoisotopic (exact) mass is 438 g/mol. The van der Waals surface area contributed by atoms with E-state index in [1.165, 1.54) is 51.4 Å². The van der Waals surface area contributed by atoms with Crippen LogP contribution >= 0.6 is 0 Å². The second kappa shape index (κ2) is 13.0. The van der Waals surface area contributed by atoms with Gasteiger partial charge in [-0.15, -0.1) is 0 Å². The van der Waals surface area contributed by atoms with E-state index in [0.717, 1.165) is 35.5 Å². The first-order valence-electron chi connectivity index (χ1n) is 11.9. The standard InChI is InChI=1S/C27H38N2O3/c1-30-23-19-22(20-29-24-17-13-8-6-4-5-7-9-14-18-28-24)25(21-15-11-10-12-16-21)27(32-3)26(23)31-2/h10-12,15-16,19H,4-9,13-14,17-18,20H2,1-3H3,(H,28,29). The molecular formula is C27H38N2O3. The SMILES string of the molecule is COc1cc(CNC2=NCCCCCCCCCC2)c(-c2ccccc2)c(OC)c1OC. The molecule has 2 aromatic carbocycles. The molecule has 0 atom stereocenters. The number of benzene rings is 2. The summed E-state index contributed by atoms with van der Waals surface area (Å²) < 4.78 is 17.1. The van der Waals surface area contributed by atoms with E-state index in [1.54, 1.807) is 21.3 Å². The molecule has 0 fully saturated rings. The van der Waals surface area contributed by atoms with E-state index < -0.39 is 0 Å². The Morgan fingerprint density at radius 2 is 1.44 bits per heavy atom. The van der Waals surface area contributed by atoms with Crippen LogP contribution in [0.1, 0.15) is 63.4 Å². The molecule has 32 heavy (non-hydrogen) atoms. The van der Waals surface area contributed by atoms with Gasteiger partial charge in [-0.2, -0.15) is 0 Å². The van der Waals surface area contributed by atoms with Crippen LogP contribution in [0.4, 0.5) is 0 Å². The normalized spacial score (nSPS) is 15.7. The smallest absolute Gasteiger partial charge is 0.203 e. The average Bonchev–Trinajstić information content (AvgIpc) is 2.83. The van der Waals surface area contributed by atoms with Crippen LogP contribution in [0.15, 0.2) is 41.4 Å². The Labute approximate surface area is 193 Å². The van der Waals surface area contributed by atoms with Crippen molar-refractivity contribution in [2.75, 3.05) is 27.9 Å². The molecule has 174 valence electrons. The lowest BCUT2D eigenvalue weighted by Gasteiger charge is -2.21. The number of ether oxygens (including phenoxy) is 3. The summed E-state index contributed by atoms with van der Waals surface area (Å²) in [5, 5.41) is 3.64. The summed E-state index contributed by atoms with van der Waals surface area (Å²) in [7, 11) is 4.98. The average molecular weight is 439 g/mol. The molecule has 0 aliphatic carbocycles. The zero-order chi connectivity index (χ0) is 22.6. The van der Waals surface area contributed by atoms with Crippen molar-refractivity contribution < 1.29 is 14.2 Å². The quantitative estimate of drug-likeness (QED) is 0.568. The Morgan fingerprint density at radius 1 is 0.781 bits per heavy atom. The van der Waals surface area contributed by atoms with Crippen molar-refractivity contribution >= 4 is 5.84 Å². The topological polar surface area (TPSA) is 52.1 Å². The van der Waals surface area contributed by atoms with Gasteiger partial charge in [0, 0.05) is 25.1 Å². The first-order chi connectivity index (χ1) is 15.8. The maximum atomic E-state index is 5.83. The van der Waals surface area contributed by atoms with E-state index in [4.69, 9.17) is 19.2 Å². The minimum atomic E-state index is 0.612. The lowest BCUT2D eigenvalue weighted by molar-refractivity contribution is 0.324. The zero-order valence-corrected chi connectivity index (χ0v) is 19.9. The molecule has 0 spiro atoms. The highest BCUT2D eigenvalue weighted by Gasteiger charge is 2.22. The number of nitrogens with zero attached hydrogens (tertiary/aromatic N) is 1. The van der Waals surface area contributed by atoms with Crippen LogP contribution < -0.4 is 19.5 Å². The van der Waals surface area contributed by atoms with Crippen LogP contribution in [0.25, 0.3) is 11.1 Å². The number of hydrogen-bond donors (Lipinski definition) is 1. The predicted octanol–water partition coefficient (Wildman–Crippen LogP) is 6.39. The van der Waals surface area contributed by atoms with Crippen molar-refractivity contribution in [3.63, 3.8) is 0 Å². The predicted molar refractivity (Wildman–Crippen MR) is 132 cm³/mol. The van der Waals surface area contributed by atoms with E-state index in [9.17, 15) is 0 Å². The van der Waals surface area contributed by atoms with E-state index >= 15 is 0 Å². The third-order valence-electron chi connectivity index (χ3n) is 6.08. The molecule has 0 radical (unpaired) electrons. The summed E-state index contributed by atoms with van der Waals surface area (Å²) >= 11 is 0. The number of rotatable bonds is 6. The van der Waals surface area contributed by atoms with Gasteiger partial charge in [0.2, 0.25) is 5.75 Å². The van der Waals surface area contributed by atoms with Crippen LogP contribution in [-0.4, -0.2) is 33.7 Å². The fourth-order valence-corrected chi connectivity index (χ4v) is 4.37. The summed E-state index contributed by atoms with van der Waals surface area (Å²) in [6.07, 6.45) is 11.3. The van der Waals surface area contributed by atoms with E-state index in [-0.39, 0.29) is 0 Å². The maximum absolute atomic E-state index is 5.83. The van der Waals surface area contributed by atoms with Crippen LogP contribution in [-0.2, 0) is 6.54 Å². The van der Waals surface area contributed by atoms with Gasteiger partial charge in [0.15, 0.2) is 11.5 Å². The minimum Gasteiger partial charge on any atom is -0.493 e. The molecule has 2 aromatic rings. The van der Waals surface area contributed by atoms with E-state index in [1.807, 2.05) is 24.3 Å². The third kappa shape index (κ3) is 6.41. The van der Waals surface area contributed by atoms with Crippen LogP contribution in [0, 0.1) is 0 Å². The largest absolute Gasteiger partial charge is 0.493 e. The van der Waals surface area contributed by atoms with E-state index in [0.29, 0.717) is 23.8 Å². The fraction of sp³-hybridized carbons (Fsp3) is 0.519. The number of amidine groups is 1. The van der Waals surface area contributed by atoms with Gasteiger partial charge in [-0.1, -0.05) is 68.9 Å². The van der Waals surface area contributed by atoms with Gasteiger partial charge < -0.3 is 19.5 Å². The Balaban J connectivity index is 1.90. The Hall–Kier alpha value is -2.69. The van der Waals surface area contributed by atoms with Crippen LogP contribution in [0.2, 0.25) is 0 Å². The summed E-state index contributed by atoms with van der Waals surface area (Å²) in [5.41, 5.74) is 3.20. The molecule has 1 aliphatic heterocycles. The third-order valence-corrected chi connectivity index (χ3v) is 6.08. The molecular weight excluding hydrogens is 400 g/mol. The Bertz CT molecular complexity index is 865. The molecule has 1 heterocycles. The summed E-state index contributed by atoms with van der Waals surface area (Å²) in [4.78, 5) is 4.91. The first-order valence-corrected chi connectivity index (χ1v) is 11.9. The van der Waals surface area contributed by atoms with Crippen molar-refractivity contribution in [2.24, 2.45) is 4.99 Å². The van der Waals surface area contributed by atoms with Crippen molar-refractivity contribution in [1.82, 2.24) is 5.32 Å².